The van der Waals surface area contributed by atoms with Gasteiger partial charge in [-0.3, -0.25) is 0 Å². The minimum Gasteiger partial charge on any atom is -0.399 e. The Morgan fingerprint density at radius 2 is 1.11 bits per heavy atom. The molecule has 194 valence electrons. The highest BCUT2D eigenvalue weighted by Crippen LogP contribution is 2.39. The third-order valence-corrected chi connectivity index (χ3v) is 7.88. The van der Waals surface area contributed by atoms with Crippen LogP contribution in [0.5, 0.6) is 0 Å². The molecule has 0 atom stereocenters. The molecule has 1 saturated heterocycles. The summed E-state index contributed by atoms with van der Waals surface area (Å²) >= 11 is 0. The first-order valence-electron chi connectivity index (χ1n) is 13.5. The van der Waals surface area contributed by atoms with Gasteiger partial charge in [-0.15, -0.1) is 0 Å². The van der Waals surface area contributed by atoms with Crippen LogP contribution in [0.4, 0.5) is 17.1 Å². The zero-order chi connectivity index (χ0) is 27.1. The smallest absolute Gasteiger partial charge is 0.399 e. The van der Waals surface area contributed by atoms with Crippen molar-refractivity contribution in [1.29, 1.82) is 0 Å². The van der Waals surface area contributed by atoms with E-state index in [-0.39, 0.29) is 23.7 Å². The van der Waals surface area contributed by atoms with Crippen LogP contribution in [-0.2, 0) is 14.7 Å². The maximum Gasteiger partial charge on any atom is 0.494 e. The van der Waals surface area contributed by atoms with Crippen molar-refractivity contribution in [2.75, 3.05) is 4.90 Å². The van der Waals surface area contributed by atoms with Gasteiger partial charge < -0.3 is 14.2 Å². The van der Waals surface area contributed by atoms with Crippen LogP contribution in [0.15, 0.2) is 103 Å². The van der Waals surface area contributed by atoms with Crippen molar-refractivity contribution in [2.24, 2.45) is 0 Å². The predicted molar refractivity (Wildman–Crippen MR) is 161 cm³/mol. The van der Waals surface area contributed by atoms with Crippen LogP contribution in [0.25, 0.3) is 11.1 Å². The molecule has 1 aliphatic heterocycles. The molecule has 0 aliphatic carbocycles. The molecule has 0 bridgehead atoms. The third kappa shape index (κ3) is 5.16. The van der Waals surface area contributed by atoms with Gasteiger partial charge in [0, 0.05) is 17.1 Å². The van der Waals surface area contributed by atoms with E-state index >= 15 is 0 Å². The monoisotopic (exact) mass is 503 g/mol. The standard InChI is InChI=1S/C34H38BNO2/c1-32(2,3)27-14-11-15-31(24-27)36(29-20-16-26(17-21-29)25-12-9-8-10-13-25)30-22-18-28(19-23-30)35-37-33(4,5)34(6,7)38-35/h8-24H,1-7H3. The van der Waals surface area contributed by atoms with Crippen molar-refractivity contribution in [3.05, 3.63) is 109 Å². The van der Waals surface area contributed by atoms with E-state index in [2.05, 4.69) is 156 Å². The zero-order valence-electron chi connectivity index (χ0n) is 23.7. The number of nitrogens with zero attached hydrogens (tertiary/aromatic N) is 1. The summed E-state index contributed by atoms with van der Waals surface area (Å²) in [6, 6.07) is 36.7. The van der Waals surface area contributed by atoms with E-state index in [1.165, 1.54) is 16.7 Å². The molecule has 38 heavy (non-hydrogen) atoms. The summed E-state index contributed by atoms with van der Waals surface area (Å²) in [6.45, 7) is 15.1. The Labute approximate surface area is 228 Å². The van der Waals surface area contributed by atoms with Gasteiger partial charge in [0.25, 0.3) is 0 Å². The first-order valence-corrected chi connectivity index (χ1v) is 13.5. The fourth-order valence-electron chi connectivity index (χ4n) is 4.75. The van der Waals surface area contributed by atoms with Crippen molar-refractivity contribution in [3.8, 4) is 11.1 Å². The second-order valence-corrected chi connectivity index (χ2v) is 12.2. The van der Waals surface area contributed by atoms with E-state index in [9.17, 15) is 0 Å². The van der Waals surface area contributed by atoms with Gasteiger partial charge in [0.05, 0.1) is 11.2 Å². The fraction of sp³-hybridized carbons (Fsp3) is 0.294. The highest BCUT2D eigenvalue weighted by molar-refractivity contribution is 6.62. The summed E-state index contributed by atoms with van der Waals surface area (Å²) in [5.41, 5.74) is 7.40. The van der Waals surface area contributed by atoms with Gasteiger partial charge in [0.2, 0.25) is 0 Å². The molecular weight excluding hydrogens is 465 g/mol. The lowest BCUT2D eigenvalue weighted by atomic mass is 9.79. The van der Waals surface area contributed by atoms with Crippen molar-refractivity contribution in [1.82, 2.24) is 0 Å². The SMILES string of the molecule is CC(C)(C)c1cccc(N(c2ccc(B3OC(C)(C)C(C)(C)O3)cc2)c2ccc(-c3ccccc3)cc2)c1. The van der Waals surface area contributed by atoms with Crippen LogP contribution in [0, 0.1) is 0 Å². The second kappa shape index (κ2) is 9.76. The Bertz CT molecular complexity index is 1370. The van der Waals surface area contributed by atoms with E-state index < -0.39 is 0 Å². The summed E-state index contributed by atoms with van der Waals surface area (Å²) in [4.78, 5) is 2.32. The largest absolute Gasteiger partial charge is 0.494 e. The van der Waals surface area contributed by atoms with Crippen LogP contribution in [0.2, 0.25) is 0 Å². The third-order valence-electron chi connectivity index (χ3n) is 7.88. The molecule has 0 N–H and O–H groups in total. The molecule has 5 rings (SSSR count). The molecule has 1 heterocycles. The van der Waals surface area contributed by atoms with Gasteiger partial charge >= 0.3 is 7.12 Å². The molecule has 4 aromatic carbocycles. The predicted octanol–water partition coefficient (Wildman–Crippen LogP) is 8.42. The molecule has 4 heteroatoms. The van der Waals surface area contributed by atoms with Gasteiger partial charge in [0.15, 0.2) is 0 Å². The summed E-state index contributed by atoms with van der Waals surface area (Å²) in [5, 5.41) is 0. The molecule has 4 aromatic rings. The number of rotatable bonds is 5. The molecule has 0 aromatic heterocycles. The molecule has 0 radical (unpaired) electrons. The van der Waals surface area contributed by atoms with Crippen LogP contribution in [-0.4, -0.2) is 18.3 Å². The first-order chi connectivity index (χ1) is 17.9. The van der Waals surface area contributed by atoms with Crippen LogP contribution in [0.1, 0.15) is 54.0 Å². The molecule has 0 saturated carbocycles. The van der Waals surface area contributed by atoms with Crippen molar-refractivity contribution in [2.45, 2.75) is 65.1 Å². The Morgan fingerprint density at radius 1 is 0.579 bits per heavy atom. The normalized spacial score (nSPS) is 16.4. The van der Waals surface area contributed by atoms with Crippen LogP contribution < -0.4 is 10.4 Å². The van der Waals surface area contributed by atoms with Gasteiger partial charge in [-0.25, -0.2) is 0 Å². The Hall–Kier alpha value is -3.34. The minimum atomic E-state index is -0.378. The fourth-order valence-corrected chi connectivity index (χ4v) is 4.75. The minimum absolute atomic E-state index is 0.0550. The maximum absolute atomic E-state index is 6.29. The summed E-state index contributed by atoms with van der Waals surface area (Å²) in [6.07, 6.45) is 0. The average molecular weight is 503 g/mol. The van der Waals surface area contributed by atoms with Gasteiger partial charge in [-0.05, 0) is 91.7 Å². The lowest BCUT2D eigenvalue weighted by Crippen LogP contribution is -2.41. The van der Waals surface area contributed by atoms with Gasteiger partial charge in [0.1, 0.15) is 0 Å². The molecule has 0 unspecified atom stereocenters. The van der Waals surface area contributed by atoms with Crippen LogP contribution >= 0.6 is 0 Å². The Morgan fingerprint density at radius 3 is 1.66 bits per heavy atom. The second-order valence-electron chi connectivity index (χ2n) is 12.2. The van der Waals surface area contributed by atoms with Crippen LogP contribution in [0.3, 0.4) is 0 Å². The van der Waals surface area contributed by atoms with Gasteiger partial charge in [-0.1, -0.05) is 87.5 Å². The molecule has 1 fully saturated rings. The number of hydrogen-bond donors (Lipinski definition) is 0. The number of anilines is 3. The highest BCUT2D eigenvalue weighted by atomic mass is 16.7. The number of benzene rings is 4. The summed E-state index contributed by atoms with van der Waals surface area (Å²) in [7, 11) is -0.378. The van der Waals surface area contributed by atoms with Crippen molar-refractivity contribution in [3.63, 3.8) is 0 Å². The van der Waals surface area contributed by atoms with Crippen molar-refractivity contribution >= 4 is 29.6 Å². The molecule has 1 aliphatic rings. The summed E-state index contributed by atoms with van der Waals surface area (Å²) < 4.78 is 12.6. The molecule has 3 nitrogen and oxygen atoms in total. The van der Waals surface area contributed by atoms with Crippen molar-refractivity contribution < 1.29 is 9.31 Å². The molecule has 0 amide bonds. The molecular formula is C34H38BNO2. The van der Waals surface area contributed by atoms with E-state index in [1.54, 1.807) is 0 Å². The number of hydrogen-bond acceptors (Lipinski definition) is 3. The topological polar surface area (TPSA) is 21.7 Å². The lowest BCUT2D eigenvalue weighted by Gasteiger charge is -2.32. The van der Waals surface area contributed by atoms with Gasteiger partial charge in [-0.2, -0.15) is 0 Å². The van der Waals surface area contributed by atoms with E-state index in [1.807, 2.05) is 0 Å². The Balaban J connectivity index is 1.53. The zero-order valence-corrected chi connectivity index (χ0v) is 23.7. The lowest BCUT2D eigenvalue weighted by molar-refractivity contribution is 0.00578. The summed E-state index contributed by atoms with van der Waals surface area (Å²) in [5.74, 6) is 0. The first kappa shape index (κ1) is 26.3. The molecule has 0 spiro atoms. The average Bonchev–Trinajstić information content (AvgIpc) is 3.12. The van der Waals surface area contributed by atoms with E-state index in [4.69, 9.17) is 9.31 Å². The maximum atomic E-state index is 6.29. The highest BCUT2D eigenvalue weighted by Gasteiger charge is 2.51. The quantitative estimate of drug-likeness (QED) is 0.255. The van der Waals surface area contributed by atoms with E-state index in [0.29, 0.717) is 0 Å². The Kier molecular flexibility index (Phi) is 6.75. The van der Waals surface area contributed by atoms with E-state index in [0.717, 1.165) is 22.5 Å².